The van der Waals surface area contributed by atoms with Crippen molar-refractivity contribution in [3.8, 4) is 0 Å². The Labute approximate surface area is 162 Å². The fourth-order valence-electron chi connectivity index (χ4n) is 2.75. The standard InChI is InChI=1S/C16H30N6O.HI/c1-4-6-9-22-10-7-14(8-11-22)20-16(17-5-2)18-12-15-19-13(3)23-21-15;/h14H,4-12H2,1-3H3,(H2,17,18,20);1H. The van der Waals surface area contributed by atoms with E-state index >= 15 is 0 Å². The van der Waals surface area contributed by atoms with Crippen molar-refractivity contribution < 1.29 is 4.52 Å². The van der Waals surface area contributed by atoms with Gasteiger partial charge in [0.1, 0.15) is 6.54 Å². The van der Waals surface area contributed by atoms with Crippen LogP contribution in [0.4, 0.5) is 0 Å². The van der Waals surface area contributed by atoms with E-state index in [0.29, 0.717) is 24.3 Å². The van der Waals surface area contributed by atoms with Gasteiger partial charge in [0, 0.05) is 32.6 Å². The Morgan fingerprint density at radius 1 is 1.33 bits per heavy atom. The molecule has 0 atom stereocenters. The van der Waals surface area contributed by atoms with Gasteiger partial charge >= 0.3 is 0 Å². The van der Waals surface area contributed by atoms with Crippen LogP contribution in [-0.2, 0) is 6.54 Å². The summed E-state index contributed by atoms with van der Waals surface area (Å²) in [6.07, 6.45) is 4.89. The van der Waals surface area contributed by atoms with E-state index in [-0.39, 0.29) is 24.0 Å². The third-order valence-corrected chi connectivity index (χ3v) is 4.05. The normalized spacial score (nSPS) is 16.7. The number of nitrogens with one attached hydrogen (secondary N) is 2. The van der Waals surface area contributed by atoms with Crippen molar-refractivity contribution in [2.45, 2.75) is 59.0 Å². The summed E-state index contributed by atoms with van der Waals surface area (Å²) in [5.41, 5.74) is 0. The number of unbranched alkanes of at least 4 members (excludes halogenated alkanes) is 1. The fraction of sp³-hybridized carbons (Fsp3) is 0.812. The van der Waals surface area contributed by atoms with Gasteiger partial charge in [-0.25, -0.2) is 4.99 Å². The van der Waals surface area contributed by atoms with E-state index in [9.17, 15) is 0 Å². The molecule has 0 aromatic carbocycles. The van der Waals surface area contributed by atoms with E-state index in [1.807, 2.05) is 0 Å². The summed E-state index contributed by atoms with van der Waals surface area (Å²) in [6, 6.07) is 0.484. The number of guanidine groups is 1. The Morgan fingerprint density at radius 2 is 2.08 bits per heavy atom. The van der Waals surface area contributed by atoms with Crippen molar-refractivity contribution in [1.82, 2.24) is 25.7 Å². The number of rotatable bonds is 7. The van der Waals surface area contributed by atoms with Crippen molar-refractivity contribution in [3.63, 3.8) is 0 Å². The first-order valence-corrected chi connectivity index (χ1v) is 8.77. The predicted molar refractivity (Wildman–Crippen MR) is 107 cm³/mol. The molecule has 1 aliphatic rings. The van der Waals surface area contributed by atoms with Gasteiger partial charge in [-0.1, -0.05) is 18.5 Å². The number of aromatic nitrogens is 2. The van der Waals surface area contributed by atoms with Crippen molar-refractivity contribution in [2.24, 2.45) is 4.99 Å². The molecule has 0 saturated carbocycles. The molecule has 0 bridgehead atoms. The monoisotopic (exact) mass is 450 g/mol. The van der Waals surface area contributed by atoms with E-state index in [1.54, 1.807) is 6.92 Å². The van der Waals surface area contributed by atoms with Crippen LogP contribution < -0.4 is 10.6 Å². The van der Waals surface area contributed by atoms with Crippen LogP contribution in [0.15, 0.2) is 9.52 Å². The Hall–Kier alpha value is -0.900. The van der Waals surface area contributed by atoms with E-state index in [2.05, 4.69) is 44.5 Å². The molecule has 2 heterocycles. The molecule has 1 saturated heterocycles. The van der Waals surface area contributed by atoms with E-state index in [1.165, 1.54) is 32.5 Å². The third kappa shape index (κ3) is 7.33. The van der Waals surface area contributed by atoms with Crippen LogP contribution in [0.1, 0.15) is 51.2 Å². The summed E-state index contributed by atoms with van der Waals surface area (Å²) in [5, 5.41) is 10.7. The average Bonchev–Trinajstić information content (AvgIpc) is 2.98. The molecule has 1 aromatic rings. The zero-order valence-electron chi connectivity index (χ0n) is 15.0. The molecular formula is C16H31IN6O. The van der Waals surface area contributed by atoms with Gasteiger partial charge in [0.15, 0.2) is 11.8 Å². The number of aliphatic imine (C=N–C) groups is 1. The average molecular weight is 450 g/mol. The first kappa shape index (κ1) is 21.1. The lowest BCUT2D eigenvalue weighted by Crippen LogP contribution is -2.48. The van der Waals surface area contributed by atoms with Crippen molar-refractivity contribution in [1.29, 1.82) is 0 Å². The second-order valence-corrected chi connectivity index (χ2v) is 6.04. The lowest BCUT2D eigenvalue weighted by atomic mass is 10.0. The minimum absolute atomic E-state index is 0. The van der Waals surface area contributed by atoms with Crippen molar-refractivity contribution in [3.05, 3.63) is 11.7 Å². The summed E-state index contributed by atoms with van der Waals surface area (Å²) in [6.45, 7) is 10.9. The molecule has 0 spiro atoms. The van der Waals surface area contributed by atoms with Crippen LogP contribution in [0.2, 0.25) is 0 Å². The zero-order chi connectivity index (χ0) is 16.5. The minimum atomic E-state index is 0. The van der Waals surface area contributed by atoms with Gasteiger partial charge in [-0.05, 0) is 32.7 Å². The maximum atomic E-state index is 4.97. The third-order valence-electron chi connectivity index (χ3n) is 4.05. The summed E-state index contributed by atoms with van der Waals surface area (Å²) in [7, 11) is 0. The minimum Gasteiger partial charge on any atom is -0.357 e. The maximum absolute atomic E-state index is 4.97. The highest BCUT2D eigenvalue weighted by Gasteiger charge is 2.19. The van der Waals surface area contributed by atoms with Crippen LogP contribution >= 0.6 is 24.0 Å². The quantitative estimate of drug-likeness (QED) is 0.377. The number of hydrogen-bond donors (Lipinski definition) is 2. The molecular weight excluding hydrogens is 419 g/mol. The number of halogens is 1. The van der Waals surface area contributed by atoms with Crippen LogP contribution in [0.25, 0.3) is 0 Å². The smallest absolute Gasteiger partial charge is 0.223 e. The molecule has 0 aliphatic carbocycles. The maximum Gasteiger partial charge on any atom is 0.223 e. The molecule has 1 aliphatic heterocycles. The zero-order valence-corrected chi connectivity index (χ0v) is 17.4. The fourth-order valence-corrected chi connectivity index (χ4v) is 2.75. The molecule has 8 heteroatoms. The van der Waals surface area contributed by atoms with E-state index in [4.69, 9.17) is 4.52 Å². The molecule has 0 amide bonds. The summed E-state index contributed by atoms with van der Waals surface area (Å²) >= 11 is 0. The van der Waals surface area contributed by atoms with Gasteiger partial charge in [-0.15, -0.1) is 24.0 Å². The van der Waals surface area contributed by atoms with Gasteiger partial charge < -0.3 is 20.1 Å². The summed E-state index contributed by atoms with van der Waals surface area (Å²) in [4.78, 5) is 11.3. The molecule has 0 radical (unpaired) electrons. The van der Waals surface area contributed by atoms with Crippen LogP contribution in [0.3, 0.4) is 0 Å². The Balaban J connectivity index is 0.00000288. The second kappa shape index (κ2) is 11.6. The van der Waals surface area contributed by atoms with E-state index < -0.39 is 0 Å². The number of likely N-dealkylation sites (tertiary alicyclic amines) is 1. The number of piperidine rings is 1. The Bertz CT molecular complexity index is 485. The molecule has 1 aromatic heterocycles. The molecule has 2 N–H and O–H groups in total. The van der Waals surface area contributed by atoms with Gasteiger partial charge in [0.25, 0.3) is 0 Å². The summed E-state index contributed by atoms with van der Waals surface area (Å²) in [5.74, 6) is 2.03. The molecule has 0 unspecified atom stereocenters. The van der Waals surface area contributed by atoms with Gasteiger partial charge in [-0.3, -0.25) is 0 Å². The van der Waals surface area contributed by atoms with Gasteiger partial charge in [0.05, 0.1) is 0 Å². The van der Waals surface area contributed by atoms with Crippen LogP contribution in [-0.4, -0.2) is 53.2 Å². The summed E-state index contributed by atoms with van der Waals surface area (Å²) < 4.78 is 4.97. The molecule has 1 fully saturated rings. The lowest BCUT2D eigenvalue weighted by Gasteiger charge is -2.33. The Morgan fingerprint density at radius 3 is 2.67 bits per heavy atom. The topological polar surface area (TPSA) is 78.6 Å². The van der Waals surface area contributed by atoms with E-state index in [0.717, 1.165) is 25.3 Å². The predicted octanol–water partition coefficient (Wildman–Crippen LogP) is 2.32. The molecule has 7 nitrogen and oxygen atoms in total. The highest BCUT2D eigenvalue weighted by Crippen LogP contribution is 2.11. The van der Waals surface area contributed by atoms with Gasteiger partial charge in [-0.2, -0.15) is 4.98 Å². The largest absolute Gasteiger partial charge is 0.357 e. The van der Waals surface area contributed by atoms with Crippen molar-refractivity contribution in [2.75, 3.05) is 26.2 Å². The molecule has 24 heavy (non-hydrogen) atoms. The first-order chi connectivity index (χ1) is 11.2. The van der Waals surface area contributed by atoms with Crippen LogP contribution in [0.5, 0.6) is 0 Å². The number of aryl methyl sites for hydroxylation is 1. The van der Waals surface area contributed by atoms with Crippen molar-refractivity contribution >= 4 is 29.9 Å². The lowest BCUT2D eigenvalue weighted by molar-refractivity contribution is 0.203. The SMILES string of the molecule is CCCCN1CCC(NC(=NCc2noc(C)n2)NCC)CC1.I. The molecule has 2 rings (SSSR count). The second-order valence-electron chi connectivity index (χ2n) is 6.04. The molecule has 138 valence electrons. The highest BCUT2D eigenvalue weighted by molar-refractivity contribution is 14.0. The van der Waals surface area contributed by atoms with Gasteiger partial charge in [0.2, 0.25) is 5.89 Å². The first-order valence-electron chi connectivity index (χ1n) is 8.77. The number of hydrogen-bond acceptors (Lipinski definition) is 5. The van der Waals surface area contributed by atoms with Crippen LogP contribution in [0, 0.1) is 6.92 Å². The number of nitrogens with zero attached hydrogens (tertiary/aromatic N) is 4. The Kier molecular flexibility index (Phi) is 10.2. The highest BCUT2D eigenvalue weighted by atomic mass is 127.